The number of pyridine rings is 2. The van der Waals surface area contributed by atoms with Gasteiger partial charge in [-0.2, -0.15) is 0 Å². The number of aromatic nitrogens is 1. The van der Waals surface area contributed by atoms with E-state index in [0.717, 1.165) is 52.4 Å². The molecule has 4 nitrogen and oxygen atoms in total. The van der Waals surface area contributed by atoms with E-state index >= 15 is 0 Å². The van der Waals surface area contributed by atoms with Crippen molar-refractivity contribution in [2.24, 2.45) is 0 Å². The highest BCUT2D eigenvalue weighted by Crippen LogP contribution is 2.36. The quantitative estimate of drug-likeness (QED) is 0.388. The minimum absolute atomic E-state index is 0.108. The zero-order chi connectivity index (χ0) is 20.0. The molecule has 0 amide bonds. The first-order valence-electron chi connectivity index (χ1n) is 9.97. The van der Waals surface area contributed by atoms with E-state index in [9.17, 15) is 9.59 Å². The van der Waals surface area contributed by atoms with E-state index in [2.05, 4.69) is 6.07 Å². The molecule has 0 N–H and O–H groups in total. The summed E-state index contributed by atoms with van der Waals surface area (Å²) in [4.78, 5) is 25.7. The molecular weight excluding hydrogens is 362 g/mol. The molecule has 0 saturated heterocycles. The number of para-hydroxylation sites is 1. The molecule has 1 aliphatic rings. The van der Waals surface area contributed by atoms with Gasteiger partial charge in [0.05, 0.1) is 16.6 Å². The Bertz CT molecular complexity index is 1320. The van der Waals surface area contributed by atoms with Crippen LogP contribution in [0.5, 0.6) is 5.75 Å². The second-order valence-electron chi connectivity index (χ2n) is 7.61. The molecule has 0 atom stereocenters. The Hall–Kier alpha value is -3.40. The van der Waals surface area contributed by atoms with Crippen molar-refractivity contribution in [3.63, 3.8) is 0 Å². The van der Waals surface area contributed by atoms with Crippen LogP contribution < -0.4 is 10.3 Å². The zero-order valence-electron chi connectivity index (χ0n) is 16.3. The highest BCUT2D eigenvalue weighted by atomic mass is 16.5. The van der Waals surface area contributed by atoms with Gasteiger partial charge in [-0.15, -0.1) is 0 Å². The average molecular weight is 383 g/mol. The molecule has 0 radical (unpaired) electrons. The molecule has 2 heterocycles. The summed E-state index contributed by atoms with van der Waals surface area (Å²) in [6.45, 7) is 1.39. The Kier molecular flexibility index (Phi) is 4.20. The summed E-state index contributed by atoms with van der Waals surface area (Å²) in [5.74, 6) is 0.0646. The van der Waals surface area contributed by atoms with E-state index in [1.807, 2.05) is 59.0 Å². The molecule has 29 heavy (non-hydrogen) atoms. The molecule has 4 heteroatoms. The number of hydrogen-bond donors (Lipinski definition) is 0. The Morgan fingerprint density at radius 3 is 2.59 bits per heavy atom. The van der Waals surface area contributed by atoms with E-state index in [4.69, 9.17) is 4.74 Å². The van der Waals surface area contributed by atoms with Crippen molar-refractivity contribution in [3.8, 4) is 5.75 Å². The number of aryl methyl sites for hydroxylation is 2. The minimum atomic E-state index is -0.396. The van der Waals surface area contributed by atoms with Gasteiger partial charge in [-0.05, 0) is 47.9 Å². The van der Waals surface area contributed by atoms with Gasteiger partial charge in [-0.3, -0.25) is 14.0 Å². The molecule has 5 rings (SSSR count). The lowest BCUT2D eigenvalue weighted by molar-refractivity contribution is -0.132. The van der Waals surface area contributed by atoms with Crippen LogP contribution in [0.1, 0.15) is 35.6 Å². The number of hydrogen-bond acceptors (Lipinski definition) is 3. The van der Waals surface area contributed by atoms with Crippen molar-refractivity contribution in [3.05, 3.63) is 93.3 Å². The third-order valence-corrected chi connectivity index (χ3v) is 5.67. The first-order chi connectivity index (χ1) is 14.1. The lowest BCUT2D eigenvalue weighted by Crippen LogP contribution is -2.26. The van der Waals surface area contributed by atoms with Gasteiger partial charge >= 0.3 is 5.97 Å². The Morgan fingerprint density at radius 2 is 1.79 bits per heavy atom. The van der Waals surface area contributed by atoms with Crippen molar-refractivity contribution >= 4 is 22.4 Å². The number of esters is 1. The monoisotopic (exact) mass is 383 g/mol. The molecule has 1 aliphatic carbocycles. The Morgan fingerprint density at radius 1 is 1.03 bits per heavy atom. The molecule has 2 aromatic heterocycles. The number of benzene rings is 2. The average Bonchev–Trinajstić information content (AvgIpc) is 2.73. The number of carbonyl (C=O) groups is 1. The maximum absolute atomic E-state index is 13.8. The second-order valence-corrected chi connectivity index (χ2v) is 7.61. The van der Waals surface area contributed by atoms with E-state index in [1.54, 1.807) is 0 Å². The number of fused-ring (bicyclic) bond motifs is 2. The molecule has 0 aliphatic heterocycles. The molecule has 0 spiro atoms. The summed E-state index contributed by atoms with van der Waals surface area (Å²) in [5, 5.41) is 1.05. The number of ether oxygens (including phenoxy) is 1. The fourth-order valence-corrected chi connectivity index (χ4v) is 4.50. The van der Waals surface area contributed by atoms with Crippen molar-refractivity contribution < 1.29 is 9.53 Å². The molecule has 0 saturated carbocycles. The topological polar surface area (TPSA) is 47.8 Å². The molecule has 4 aromatic rings. The molecular formula is C25H21NO3. The van der Waals surface area contributed by atoms with Crippen LogP contribution >= 0.6 is 0 Å². The molecule has 0 fully saturated rings. The third kappa shape index (κ3) is 2.92. The summed E-state index contributed by atoms with van der Waals surface area (Å²) in [7, 11) is 0. The number of rotatable bonds is 3. The summed E-state index contributed by atoms with van der Waals surface area (Å²) in [6, 6.07) is 20.0. The van der Waals surface area contributed by atoms with Gasteiger partial charge in [0.1, 0.15) is 5.75 Å². The Balaban J connectivity index is 1.92. The van der Waals surface area contributed by atoms with Gasteiger partial charge in [0.15, 0.2) is 0 Å². The normalized spacial score (nSPS) is 13.0. The highest BCUT2D eigenvalue weighted by Gasteiger charge is 2.26. The third-order valence-electron chi connectivity index (χ3n) is 5.67. The SMILES string of the molecule is CC(=O)Oc1c(Cc2ccccc2)c(=O)n2c3c(cc4ccccc42)CCCc13. The molecule has 0 unspecified atom stereocenters. The van der Waals surface area contributed by atoms with Gasteiger partial charge < -0.3 is 4.74 Å². The van der Waals surface area contributed by atoms with Gasteiger partial charge in [0.2, 0.25) is 0 Å². The van der Waals surface area contributed by atoms with Gasteiger partial charge in [-0.1, -0.05) is 48.5 Å². The van der Waals surface area contributed by atoms with Gasteiger partial charge in [0.25, 0.3) is 5.56 Å². The van der Waals surface area contributed by atoms with E-state index in [1.165, 1.54) is 6.92 Å². The maximum Gasteiger partial charge on any atom is 0.308 e. The van der Waals surface area contributed by atoms with Crippen LogP contribution in [-0.4, -0.2) is 10.4 Å². The Labute approximate surface area is 168 Å². The van der Waals surface area contributed by atoms with Crippen molar-refractivity contribution in [2.75, 3.05) is 0 Å². The van der Waals surface area contributed by atoms with Crippen molar-refractivity contribution in [1.29, 1.82) is 0 Å². The molecule has 2 aromatic carbocycles. The summed E-state index contributed by atoms with van der Waals surface area (Å²) in [6.07, 6.45) is 3.10. The summed E-state index contributed by atoms with van der Waals surface area (Å²) < 4.78 is 7.51. The van der Waals surface area contributed by atoms with E-state index in [-0.39, 0.29) is 5.56 Å². The lowest BCUT2D eigenvalue weighted by atomic mass is 9.90. The van der Waals surface area contributed by atoms with E-state index in [0.29, 0.717) is 17.7 Å². The summed E-state index contributed by atoms with van der Waals surface area (Å²) >= 11 is 0. The fourth-order valence-electron chi connectivity index (χ4n) is 4.50. The van der Waals surface area contributed by atoms with Crippen molar-refractivity contribution in [1.82, 2.24) is 4.40 Å². The number of nitrogens with zero attached hydrogens (tertiary/aromatic N) is 1. The minimum Gasteiger partial charge on any atom is -0.426 e. The smallest absolute Gasteiger partial charge is 0.308 e. The van der Waals surface area contributed by atoms with Crippen LogP contribution in [0.4, 0.5) is 0 Å². The van der Waals surface area contributed by atoms with Crippen LogP contribution in [0.25, 0.3) is 16.4 Å². The lowest BCUT2D eigenvalue weighted by Gasteiger charge is -2.24. The van der Waals surface area contributed by atoms with Gasteiger partial charge in [-0.25, -0.2) is 0 Å². The molecule has 144 valence electrons. The van der Waals surface area contributed by atoms with Crippen molar-refractivity contribution in [2.45, 2.75) is 32.6 Å². The predicted octanol–water partition coefficient (Wildman–Crippen LogP) is 4.46. The maximum atomic E-state index is 13.8. The fraction of sp³-hybridized carbons (Fsp3) is 0.200. The standard InChI is InChI=1S/C25H21NO3/c1-16(27)29-24-20-12-7-11-19-15-18-10-5-6-13-22(18)26(23(19)20)25(28)21(24)14-17-8-3-2-4-9-17/h2-6,8-10,13,15H,7,11-12,14H2,1H3. The number of carbonyl (C=O) groups excluding carboxylic acids is 1. The second kappa shape index (κ2) is 6.89. The molecule has 0 bridgehead atoms. The largest absolute Gasteiger partial charge is 0.426 e. The van der Waals surface area contributed by atoms with Crippen LogP contribution in [0, 0.1) is 0 Å². The predicted molar refractivity (Wildman–Crippen MR) is 114 cm³/mol. The van der Waals surface area contributed by atoms with E-state index < -0.39 is 5.97 Å². The van der Waals surface area contributed by atoms with Crippen LogP contribution in [0.2, 0.25) is 0 Å². The van der Waals surface area contributed by atoms with Crippen LogP contribution in [-0.2, 0) is 24.1 Å². The zero-order valence-corrected chi connectivity index (χ0v) is 16.3. The van der Waals surface area contributed by atoms with Gasteiger partial charge in [0, 0.05) is 18.9 Å². The first-order valence-corrected chi connectivity index (χ1v) is 9.97. The first kappa shape index (κ1) is 17.7. The van der Waals surface area contributed by atoms with Crippen LogP contribution in [0.3, 0.4) is 0 Å². The van der Waals surface area contributed by atoms with Crippen LogP contribution in [0.15, 0.2) is 65.5 Å². The summed E-state index contributed by atoms with van der Waals surface area (Å²) in [5.41, 5.74) is 5.36. The highest BCUT2D eigenvalue weighted by molar-refractivity contribution is 5.87.